The van der Waals surface area contributed by atoms with Crippen molar-refractivity contribution in [3.8, 4) is 0 Å². The van der Waals surface area contributed by atoms with Gasteiger partial charge in [0, 0.05) is 21.4 Å². The third-order valence-electron chi connectivity index (χ3n) is 1.67. The molecule has 0 aromatic heterocycles. The molecular formula is C6Cl2F4O4S2. The maximum absolute atomic E-state index is 13.2. The van der Waals surface area contributed by atoms with E-state index in [-0.39, 0.29) is 0 Å². The molecule has 0 saturated carbocycles. The van der Waals surface area contributed by atoms with Crippen molar-refractivity contribution in [2.45, 2.75) is 9.79 Å². The molecule has 1 aromatic rings. The predicted octanol–water partition coefficient (Wildman–Crippen LogP) is 2.10. The molecule has 18 heavy (non-hydrogen) atoms. The zero-order valence-corrected chi connectivity index (χ0v) is 10.9. The van der Waals surface area contributed by atoms with E-state index < -0.39 is 51.2 Å². The van der Waals surface area contributed by atoms with E-state index in [1.807, 2.05) is 0 Å². The SMILES string of the molecule is O=S(=O)(Cl)c1c(F)c(F)c(S(=O)(=O)Cl)c(F)c1F. The highest BCUT2D eigenvalue weighted by Gasteiger charge is 2.36. The van der Waals surface area contributed by atoms with Crippen LogP contribution in [0.5, 0.6) is 0 Å². The molecule has 12 heteroatoms. The third-order valence-corrected chi connectivity index (χ3v) is 4.29. The van der Waals surface area contributed by atoms with Crippen LogP contribution in [0.2, 0.25) is 0 Å². The van der Waals surface area contributed by atoms with Gasteiger partial charge in [-0.15, -0.1) is 0 Å². The first-order chi connectivity index (χ1) is 7.89. The summed E-state index contributed by atoms with van der Waals surface area (Å²) in [5.41, 5.74) is 0. The lowest BCUT2D eigenvalue weighted by atomic mass is 10.3. The quantitative estimate of drug-likeness (QED) is 0.467. The minimum absolute atomic E-state index is 2.14. The Morgan fingerprint density at radius 1 is 0.611 bits per heavy atom. The van der Waals surface area contributed by atoms with Gasteiger partial charge in [0.15, 0.2) is 33.1 Å². The highest BCUT2D eigenvalue weighted by molar-refractivity contribution is 8.14. The minimum atomic E-state index is -5.17. The molecule has 0 aliphatic carbocycles. The van der Waals surface area contributed by atoms with Gasteiger partial charge in [0.25, 0.3) is 18.1 Å². The molecule has 0 atom stereocenters. The molecule has 0 radical (unpaired) electrons. The first-order valence-electron chi connectivity index (χ1n) is 3.64. The van der Waals surface area contributed by atoms with E-state index in [1.54, 1.807) is 0 Å². The van der Waals surface area contributed by atoms with Crippen LogP contribution < -0.4 is 0 Å². The summed E-state index contributed by atoms with van der Waals surface area (Å²) in [6, 6.07) is 0. The van der Waals surface area contributed by atoms with Crippen molar-refractivity contribution >= 4 is 39.5 Å². The van der Waals surface area contributed by atoms with E-state index in [4.69, 9.17) is 0 Å². The Labute approximate surface area is 107 Å². The predicted molar refractivity (Wildman–Crippen MR) is 52.4 cm³/mol. The van der Waals surface area contributed by atoms with Gasteiger partial charge in [0.05, 0.1) is 0 Å². The molecule has 102 valence electrons. The summed E-state index contributed by atoms with van der Waals surface area (Å²) in [5, 5.41) is 0. The molecule has 0 aliphatic rings. The van der Waals surface area contributed by atoms with Crippen molar-refractivity contribution in [3.05, 3.63) is 23.3 Å². The zero-order chi connectivity index (χ0) is 14.5. The van der Waals surface area contributed by atoms with Gasteiger partial charge < -0.3 is 0 Å². The molecule has 0 unspecified atom stereocenters. The van der Waals surface area contributed by atoms with Crippen molar-refractivity contribution in [2.24, 2.45) is 0 Å². The van der Waals surface area contributed by atoms with E-state index >= 15 is 0 Å². The summed E-state index contributed by atoms with van der Waals surface area (Å²) in [7, 11) is -1.22. The fraction of sp³-hybridized carbons (Fsp3) is 0. The summed E-state index contributed by atoms with van der Waals surface area (Å²) in [6.45, 7) is 0. The van der Waals surface area contributed by atoms with Gasteiger partial charge >= 0.3 is 0 Å². The van der Waals surface area contributed by atoms with Crippen LogP contribution in [0, 0.1) is 23.3 Å². The monoisotopic (exact) mass is 346 g/mol. The average Bonchev–Trinajstić information content (AvgIpc) is 2.10. The molecule has 1 rings (SSSR count). The van der Waals surface area contributed by atoms with Crippen LogP contribution in [0.25, 0.3) is 0 Å². The second-order valence-electron chi connectivity index (χ2n) is 2.79. The van der Waals surface area contributed by atoms with Gasteiger partial charge in [-0.2, -0.15) is 0 Å². The van der Waals surface area contributed by atoms with Crippen molar-refractivity contribution in [2.75, 3.05) is 0 Å². The van der Waals surface area contributed by atoms with E-state index in [1.165, 1.54) is 0 Å². The van der Waals surface area contributed by atoms with Gasteiger partial charge in [-0.1, -0.05) is 0 Å². The summed E-state index contributed by atoms with van der Waals surface area (Å²) >= 11 is 0. The molecular weight excluding hydrogens is 347 g/mol. The first kappa shape index (κ1) is 15.5. The molecule has 4 nitrogen and oxygen atoms in total. The van der Waals surface area contributed by atoms with Gasteiger partial charge in [-0.05, 0) is 0 Å². The van der Waals surface area contributed by atoms with Gasteiger partial charge in [-0.3, -0.25) is 0 Å². The molecule has 0 bridgehead atoms. The lowest BCUT2D eigenvalue weighted by Gasteiger charge is -2.07. The van der Waals surface area contributed by atoms with Crippen LogP contribution in [0.15, 0.2) is 9.79 Å². The van der Waals surface area contributed by atoms with Gasteiger partial charge in [0.1, 0.15) is 0 Å². The molecule has 0 heterocycles. The molecule has 0 saturated heterocycles. The lowest BCUT2D eigenvalue weighted by Crippen LogP contribution is -2.12. The normalized spacial score (nSPS) is 12.8. The summed E-state index contributed by atoms with van der Waals surface area (Å²) in [4.78, 5) is -4.27. The van der Waals surface area contributed by atoms with Crippen molar-refractivity contribution in [1.82, 2.24) is 0 Å². The minimum Gasteiger partial charge on any atom is -0.207 e. The van der Waals surface area contributed by atoms with Crippen LogP contribution in [0.1, 0.15) is 0 Å². The Morgan fingerprint density at radius 2 is 0.778 bits per heavy atom. The topological polar surface area (TPSA) is 68.3 Å². The molecule has 0 aliphatic heterocycles. The second kappa shape index (κ2) is 4.51. The van der Waals surface area contributed by atoms with E-state index in [9.17, 15) is 34.4 Å². The fourth-order valence-electron chi connectivity index (χ4n) is 1.02. The largest absolute Gasteiger partial charge is 0.267 e. The molecule has 0 spiro atoms. The maximum atomic E-state index is 13.2. The van der Waals surface area contributed by atoms with Crippen LogP contribution in [0.3, 0.4) is 0 Å². The highest BCUT2D eigenvalue weighted by Crippen LogP contribution is 2.33. The second-order valence-corrected chi connectivity index (χ2v) is 7.80. The van der Waals surface area contributed by atoms with Crippen molar-refractivity contribution in [3.63, 3.8) is 0 Å². The smallest absolute Gasteiger partial charge is 0.207 e. The number of hydrogen-bond donors (Lipinski definition) is 0. The Hall–Kier alpha value is -0.580. The zero-order valence-electron chi connectivity index (χ0n) is 7.72. The maximum Gasteiger partial charge on any atom is 0.267 e. The van der Waals surface area contributed by atoms with E-state index in [0.717, 1.165) is 0 Å². The number of hydrogen-bond acceptors (Lipinski definition) is 4. The third kappa shape index (κ3) is 2.56. The molecule has 0 fully saturated rings. The molecule has 0 N–H and O–H groups in total. The molecule has 1 aromatic carbocycles. The summed E-state index contributed by atoms with van der Waals surface area (Å²) in [6.07, 6.45) is 0. The van der Waals surface area contributed by atoms with Gasteiger partial charge in [0.2, 0.25) is 0 Å². The Morgan fingerprint density at radius 3 is 0.889 bits per heavy atom. The summed E-state index contributed by atoms with van der Waals surface area (Å²) in [5.74, 6) is -9.93. The lowest BCUT2D eigenvalue weighted by molar-refractivity contribution is 0.392. The first-order valence-corrected chi connectivity index (χ1v) is 8.26. The highest BCUT2D eigenvalue weighted by atomic mass is 35.7. The fourth-order valence-corrected chi connectivity index (χ4v) is 3.05. The van der Waals surface area contributed by atoms with Crippen LogP contribution in [-0.4, -0.2) is 16.8 Å². The van der Waals surface area contributed by atoms with Crippen LogP contribution >= 0.6 is 21.4 Å². The Kier molecular flexibility index (Phi) is 3.88. The van der Waals surface area contributed by atoms with Crippen LogP contribution in [-0.2, 0) is 18.1 Å². The van der Waals surface area contributed by atoms with Crippen molar-refractivity contribution in [1.29, 1.82) is 0 Å². The van der Waals surface area contributed by atoms with E-state index in [2.05, 4.69) is 21.4 Å². The molecule has 0 amide bonds. The average molecular weight is 347 g/mol. The standard InChI is InChI=1S/C6Cl2F4O4S2/c7-17(13,14)5-1(9)2(10)6(18(8,15)16)4(12)3(5)11. The van der Waals surface area contributed by atoms with Crippen molar-refractivity contribution < 1.29 is 34.4 Å². The summed E-state index contributed by atoms with van der Waals surface area (Å²) < 4.78 is 95.5. The number of benzene rings is 1. The Balaban J connectivity index is 4.03. The van der Waals surface area contributed by atoms with E-state index in [0.29, 0.717) is 0 Å². The Bertz CT molecular complexity index is 636. The van der Waals surface area contributed by atoms with Crippen LogP contribution in [0.4, 0.5) is 17.6 Å². The number of halogens is 6. The van der Waals surface area contributed by atoms with Gasteiger partial charge in [-0.25, -0.2) is 34.4 Å². The number of rotatable bonds is 2.